The van der Waals surface area contributed by atoms with Crippen LogP contribution in [0, 0.1) is 0 Å². The van der Waals surface area contributed by atoms with Crippen LogP contribution in [0.3, 0.4) is 0 Å². The molecule has 0 aliphatic heterocycles. The maximum absolute atomic E-state index is 12.3. The van der Waals surface area contributed by atoms with Crippen molar-refractivity contribution in [3.8, 4) is 11.5 Å². The quantitative estimate of drug-likeness (QED) is 0.604. The van der Waals surface area contributed by atoms with Crippen LogP contribution in [0.1, 0.15) is 34.3 Å². The van der Waals surface area contributed by atoms with Gasteiger partial charge in [0.05, 0.1) is 19.9 Å². The number of rotatable bonds is 4. The van der Waals surface area contributed by atoms with E-state index in [0.717, 1.165) is 41.9 Å². The first kappa shape index (κ1) is 17.3. The van der Waals surface area contributed by atoms with Gasteiger partial charge in [-0.2, -0.15) is 0 Å². The number of carbonyl (C=O) groups is 1. The Hall–Kier alpha value is -2.53. The Morgan fingerprint density at radius 1 is 1.08 bits per heavy atom. The highest BCUT2D eigenvalue weighted by Gasteiger charge is 2.19. The zero-order valence-corrected chi connectivity index (χ0v) is 14.8. The number of hydrogen-bond acceptors (Lipinski definition) is 5. The number of hydrogen-bond donors (Lipinski definition) is 0. The van der Waals surface area contributed by atoms with E-state index in [-0.39, 0.29) is 5.56 Å². The summed E-state index contributed by atoms with van der Waals surface area (Å²) in [6, 6.07) is 10.6. The predicted molar refractivity (Wildman–Crippen MR) is 95.9 cm³/mol. The minimum atomic E-state index is -0.604. The molecular weight excluding hydrogens is 342 g/mol. The van der Waals surface area contributed by atoms with E-state index in [1.165, 1.54) is 13.2 Å². The van der Waals surface area contributed by atoms with E-state index in [0.29, 0.717) is 10.8 Å². The molecule has 0 atom stereocenters. The Morgan fingerprint density at radius 2 is 1.92 bits per heavy atom. The van der Waals surface area contributed by atoms with E-state index < -0.39 is 5.97 Å². The summed E-state index contributed by atoms with van der Waals surface area (Å²) in [6.45, 7) is 0. The van der Waals surface area contributed by atoms with Crippen LogP contribution in [-0.2, 0) is 11.3 Å². The van der Waals surface area contributed by atoms with Gasteiger partial charge in [-0.05, 0) is 61.2 Å². The molecule has 0 heterocycles. The normalized spacial score (nSPS) is 14.8. The predicted octanol–water partition coefficient (Wildman–Crippen LogP) is 4.25. The number of oxime groups is 1. The number of ether oxygens (including phenoxy) is 2. The fraction of sp³-hybridized carbons (Fsp3) is 0.263. The van der Waals surface area contributed by atoms with E-state index >= 15 is 0 Å². The molecule has 6 heteroatoms. The number of carbonyl (C=O) groups excluding carboxylic acids is 1. The van der Waals surface area contributed by atoms with Gasteiger partial charge < -0.3 is 14.3 Å². The topological polar surface area (TPSA) is 57.1 Å². The highest BCUT2D eigenvalue weighted by atomic mass is 35.5. The van der Waals surface area contributed by atoms with E-state index in [4.69, 9.17) is 25.9 Å². The lowest BCUT2D eigenvalue weighted by Gasteiger charge is -2.18. The Labute approximate surface area is 151 Å². The van der Waals surface area contributed by atoms with Gasteiger partial charge in [0.15, 0.2) is 0 Å². The molecule has 0 aromatic heterocycles. The fourth-order valence-electron chi connectivity index (χ4n) is 2.85. The Kier molecular flexibility index (Phi) is 5.24. The molecule has 5 nitrogen and oxygen atoms in total. The molecule has 0 spiro atoms. The molecule has 1 aliphatic carbocycles. The van der Waals surface area contributed by atoms with Crippen molar-refractivity contribution < 1.29 is 19.1 Å². The number of fused-ring (bicyclic) bond motifs is 1. The molecule has 0 saturated carbocycles. The van der Waals surface area contributed by atoms with E-state index in [9.17, 15) is 4.79 Å². The number of methoxy groups -OCH3 is 2. The van der Waals surface area contributed by atoms with Crippen LogP contribution in [0.5, 0.6) is 11.5 Å². The summed E-state index contributed by atoms with van der Waals surface area (Å²) >= 11 is 5.95. The van der Waals surface area contributed by atoms with Crippen LogP contribution < -0.4 is 9.47 Å². The summed E-state index contributed by atoms with van der Waals surface area (Å²) in [5.41, 5.74) is 3.11. The fourth-order valence-corrected chi connectivity index (χ4v) is 3.02. The van der Waals surface area contributed by atoms with Crippen molar-refractivity contribution in [1.29, 1.82) is 0 Å². The maximum atomic E-state index is 12.3. The summed E-state index contributed by atoms with van der Waals surface area (Å²) in [4.78, 5) is 17.5. The third-order valence-corrected chi connectivity index (χ3v) is 4.34. The third-order valence-electron chi connectivity index (χ3n) is 4.10. The number of benzene rings is 2. The van der Waals surface area contributed by atoms with E-state index in [1.807, 2.05) is 18.2 Å². The first-order chi connectivity index (χ1) is 12.1. The standard InChI is InChI=1S/C19H18ClNO4/c1-23-14-7-8-15-12(10-14)4-3-5-17(15)21-25-19(22)16-11-13(20)6-9-18(16)24-2/h6-11H,3-5H2,1-2H3. The van der Waals surface area contributed by atoms with Gasteiger partial charge in [-0.15, -0.1) is 0 Å². The van der Waals surface area contributed by atoms with Crippen molar-refractivity contribution in [2.45, 2.75) is 19.3 Å². The monoisotopic (exact) mass is 359 g/mol. The van der Waals surface area contributed by atoms with Gasteiger partial charge in [0, 0.05) is 10.6 Å². The lowest BCUT2D eigenvalue weighted by Crippen LogP contribution is -2.14. The molecule has 0 unspecified atom stereocenters. The number of nitrogens with zero attached hydrogens (tertiary/aromatic N) is 1. The zero-order chi connectivity index (χ0) is 17.8. The lowest BCUT2D eigenvalue weighted by molar-refractivity contribution is 0.0512. The molecule has 130 valence electrons. The smallest absolute Gasteiger partial charge is 0.369 e. The summed E-state index contributed by atoms with van der Waals surface area (Å²) in [6.07, 6.45) is 2.64. The molecule has 1 aliphatic rings. The SMILES string of the molecule is COc1ccc2c(c1)CCCC2=NOC(=O)c1cc(Cl)ccc1OC. The van der Waals surface area contributed by atoms with Gasteiger partial charge in [0.25, 0.3) is 0 Å². The van der Waals surface area contributed by atoms with Crippen LogP contribution >= 0.6 is 11.6 Å². The molecule has 0 amide bonds. The van der Waals surface area contributed by atoms with Crippen molar-refractivity contribution in [2.24, 2.45) is 5.16 Å². The Morgan fingerprint density at radius 3 is 2.68 bits per heavy atom. The van der Waals surface area contributed by atoms with Gasteiger partial charge in [0.1, 0.15) is 17.1 Å². The molecule has 0 fully saturated rings. The molecule has 0 radical (unpaired) electrons. The molecule has 2 aromatic carbocycles. The van der Waals surface area contributed by atoms with Crippen LogP contribution in [0.4, 0.5) is 0 Å². The minimum absolute atomic E-state index is 0.241. The van der Waals surface area contributed by atoms with Crippen molar-refractivity contribution in [3.63, 3.8) is 0 Å². The summed E-state index contributed by atoms with van der Waals surface area (Å²) < 4.78 is 10.4. The second-order valence-corrected chi connectivity index (χ2v) is 6.07. The highest BCUT2D eigenvalue weighted by Crippen LogP contribution is 2.27. The molecular formula is C19H18ClNO4. The largest absolute Gasteiger partial charge is 0.497 e. The average Bonchev–Trinajstić information content (AvgIpc) is 2.65. The Balaban J connectivity index is 1.84. The van der Waals surface area contributed by atoms with Crippen LogP contribution in [0.25, 0.3) is 0 Å². The van der Waals surface area contributed by atoms with Crippen molar-refractivity contribution >= 4 is 23.3 Å². The number of aryl methyl sites for hydroxylation is 1. The van der Waals surface area contributed by atoms with Crippen molar-refractivity contribution in [3.05, 3.63) is 58.1 Å². The molecule has 2 aromatic rings. The zero-order valence-electron chi connectivity index (χ0n) is 14.0. The average molecular weight is 360 g/mol. The van der Waals surface area contributed by atoms with Crippen LogP contribution in [-0.4, -0.2) is 25.9 Å². The second-order valence-electron chi connectivity index (χ2n) is 5.64. The first-order valence-electron chi connectivity index (χ1n) is 7.91. The van der Waals surface area contributed by atoms with E-state index in [2.05, 4.69) is 5.16 Å². The Bertz CT molecular complexity index is 832. The maximum Gasteiger partial charge on any atom is 0.369 e. The van der Waals surface area contributed by atoms with Gasteiger partial charge in [0.2, 0.25) is 0 Å². The van der Waals surface area contributed by atoms with E-state index in [1.54, 1.807) is 19.2 Å². The molecule has 3 rings (SSSR count). The van der Waals surface area contributed by atoms with Crippen LogP contribution in [0.15, 0.2) is 41.6 Å². The third kappa shape index (κ3) is 3.77. The van der Waals surface area contributed by atoms with Crippen LogP contribution in [0.2, 0.25) is 5.02 Å². The minimum Gasteiger partial charge on any atom is -0.497 e. The molecule has 0 saturated heterocycles. The summed E-state index contributed by atoms with van der Waals surface area (Å²) in [5.74, 6) is 0.594. The van der Waals surface area contributed by atoms with Gasteiger partial charge in [-0.1, -0.05) is 16.8 Å². The van der Waals surface area contributed by atoms with Gasteiger partial charge >= 0.3 is 5.97 Å². The molecule has 0 N–H and O–H groups in total. The number of halogens is 1. The summed E-state index contributed by atoms with van der Waals surface area (Å²) in [5, 5.41) is 4.52. The second kappa shape index (κ2) is 7.57. The van der Waals surface area contributed by atoms with Crippen molar-refractivity contribution in [2.75, 3.05) is 14.2 Å². The molecule has 25 heavy (non-hydrogen) atoms. The first-order valence-corrected chi connectivity index (χ1v) is 8.29. The lowest BCUT2D eigenvalue weighted by atomic mass is 9.90. The molecule has 0 bridgehead atoms. The van der Waals surface area contributed by atoms with Gasteiger partial charge in [-0.25, -0.2) is 4.79 Å². The van der Waals surface area contributed by atoms with Gasteiger partial charge in [-0.3, -0.25) is 0 Å². The highest BCUT2D eigenvalue weighted by molar-refractivity contribution is 6.31. The van der Waals surface area contributed by atoms with Crippen molar-refractivity contribution in [1.82, 2.24) is 0 Å². The summed E-state index contributed by atoms with van der Waals surface area (Å²) in [7, 11) is 3.12.